The van der Waals surface area contributed by atoms with Gasteiger partial charge in [0.15, 0.2) is 17.5 Å². The van der Waals surface area contributed by atoms with Gasteiger partial charge >= 0.3 is 0 Å². The Morgan fingerprint density at radius 1 is 0.967 bits per heavy atom. The van der Waals surface area contributed by atoms with Crippen LogP contribution in [0.2, 0.25) is 0 Å². The van der Waals surface area contributed by atoms with E-state index in [-0.39, 0.29) is 48.9 Å². The molecule has 0 spiro atoms. The number of benzene rings is 2. The highest BCUT2D eigenvalue weighted by atomic mass is 127. The Kier molecular flexibility index (Phi) is 9.65. The molecule has 3 rings (SSSR count). The lowest BCUT2D eigenvalue weighted by Gasteiger charge is -2.12. The predicted molar refractivity (Wildman–Crippen MR) is 124 cm³/mol. The van der Waals surface area contributed by atoms with E-state index in [1.54, 1.807) is 19.2 Å². The quantitative estimate of drug-likeness (QED) is 0.212. The zero-order valence-electron chi connectivity index (χ0n) is 16.7. The van der Waals surface area contributed by atoms with Gasteiger partial charge < -0.3 is 25.4 Å². The minimum atomic E-state index is -0.309. The van der Waals surface area contributed by atoms with Crippen molar-refractivity contribution >= 4 is 35.8 Å². The van der Waals surface area contributed by atoms with Gasteiger partial charge in [0.2, 0.25) is 12.7 Å². The Morgan fingerprint density at radius 2 is 1.63 bits per heavy atom. The lowest BCUT2D eigenvalue weighted by Crippen LogP contribution is -2.42. The van der Waals surface area contributed by atoms with E-state index >= 15 is 0 Å². The highest BCUT2D eigenvalue weighted by molar-refractivity contribution is 14.0. The van der Waals surface area contributed by atoms with E-state index in [4.69, 9.17) is 9.47 Å². The molecule has 2 aromatic carbocycles. The van der Waals surface area contributed by atoms with Crippen LogP contribution in [0.3, 0.4) is 0 Å². The zero-order valence-corrected chi connectivity index (χ0v) is 19.1. The van der Waals surface area contributed by atoms with Crippen molar-refractivity contribution in [1.29, 1.82) is 0 Å². The molecular formula is C21H26FIN4O3. The third-order valence-electron chi connectivity index (χ3n) is 4.38. The number of guanidine groups is 1. The zero-order chi connectivity index (χ0) is 20.5. The first-order chi connectivity index (χ1) is 14.1. The van der Waals surface area contributed by atoms with Crippen LogP contribution in [0.25, 0.3) is 0 Å². The van der Waals surface area contributed by atoms with Crippen LogP contribution in [0.15, 0.2) is 47.5 Å². The number of aliphatic imine (C=N–C) groups is 1. The van der Waals surface area contributed by atoms with Crippen LogP contribution in [0.1, 0.15) is 11.1 Å². The van der Waals surface area contributed by atoms with Crippen molar-refractivity contribution < 1.29 is 18.7 Å². The fourth-order valence-corrected chi connectivity index (χ4v) is 2.88. The molecule has 0 radical (unpaired) electrons. The molecule has 2 aromatic rings. The highest BCUT2D eigenvalue weighted by Gasteiger charge is 2.13. The average molecular weight is 528 g/mol. The topological polar surface area (TPSA) is 84.0 Å². The highest BCUT2D eigenvalue weighted by Crippen LogP contribution is 2.32. The summed E-state index contributed by atoms with van der Waals surface area (Å²) in [5.74, 6) is 1.81. The van der Waals surface area contributed by atoms with Crippen LogP contribution < -0.4 is 25.4 Å². The van der Waals surface area contributed by atoms with Gasteiger partial charge in [-0.1, -0.05) is 18.2 Å². The van der Waals surface area contributed by atoms with Crippen molar-refractivity contribution in [3.8, 4) is 11.5 Å². The maximum Gasteiger partial charge on any atom is 0.231 e. The smallest absolute Gasteiger partial charge is 0.231 e. The molecular weight excluding hydrogens is 502 g/mol. The number of amides is 1. The minimum Gasteiger partial charge on any atom is -0.454 e. The maximum atomic E-state index is 12.9. The van der Waals surface area contributed by atoms with Crippen LogP contribution in [-0.2, 0) is 17.6 Å². The molecule has 7 nitrogen and oxygen atoms in total. The van der Waals surface area contributed by atoms with Gasteiger partial charge in [0.25, 0.3) is 0 Å². The van der Waals surface area contributed by atoms with Gasteiger partial charge in [0.1, 0.15) is 5.82 Å². The van der Waals surface area contributed by atoms with Gasteiger partial charge in [-0.2, -0.15) is 0 Å². The SMILES string of the molecule is CN=C(NCCNC(=O)Cc1ccc(F)cc1)NCCc1ccc2c(c1)OCO2.I. The summed E-state index contributed by atoms with van der Waals surface area (Å²) in [5, 5.41) is 9.22. The Bertz CT molecular complexity index is 862. The maximum absolute atomic E-state index is 12.9. The summed E-state index contributed by atoms with van der Waals surface area (Å²) in [6.07, 6.45) is 1.04. The summed E-state index contributed by atoms with van der Waals surface area (Å²) < 4.78 is 23.6. The number of ether oxygens (including phenoxy) is 2. The third-order valence-corrected chi connectivity index (χ3v) is 4.38. The van der Waals surface area contributed by atoms with Crippen molar-refractivity contribution in [3.05, 3.63) is 59.4 Å². The van der Waals surface area contributed by atoms with Gasteiger partial charge in [-0.3, -0.25) is 9.79 Å². The molecule has 30 heavy (non-hydrogen) atoms. The fourth-order valence-electron chi connectivity index (χ4n) is 2.88. The molecule has 0 atom stereocenters. The number of fused-ring (bicyclic) bond motifs is 1. The van der Waals surface area contributed by atoms with Gasteiger partial charge in [-0.15, -0.1) is 24.0 Å². The molecule has 0 fully saturated rings. The molecule has 0 unspecified atom stereocenters. The molecule has 0 saturated carbocycles. The van der Waals surface area contributed by atoms with E-state index in [9.17, 15) is 9.18 Å². The van der Waals surface area contributed by atoms with Gasteiger partial charge in [0.05, 0.1) is 6.42 Å². The Morgan fingerprint density at radius 3 is 2.40 bits per heavy atom. The van der Waals surface area contributed by atoms with Crippen molar-refractivity contribution in [2.24, 2.45) is 4.99 Å². The van der Waals surface area contributed by atoms with Crippen LogP contribution in [-0.4, -0.2) is 45.3 Å². The normalized spacial score (nSPS) is 12.1. The number of hydrogen-bond acceptors (Lipinski definition) is 4. The Hall–Kier alpha value is -2.56. The molecule has 9 heteroatoms. The first-order valence-electron chi connectivity index (χ1n) is 9.48. The summed E-state index contributed by atoms with van der Waals surface area (Å²) in [6, 6.07) is 11.8. The lowest BCUT2D eigenvalue weighted by molar-refractivity contribution is -0.120. The van der Waals surface area contributed by atoms with Gasteiger partial charge in [0, 0.05) is 26.7 Å². The summed E-state index contributed by atoms with van der Waals surface area (Å²) >= 11 is 0. The third kappa shape index (κ3) is 7.36. The second-order valence-corrected chi connectivity index (χ2v) is 6.52. The number of carbonyl (C=O) groups is 1. The van der Waals surface area contributed by atoms with E-state index in [1.807, 2.05) is 18.2 Å². The van der Waals surface area contributed by atoms with Gasteiger partial charge in [-0.05, 0) is 41.8 Å². The first-order valence-corrected chi connectivity index (χ1v) is 9.48. The molecule has 1 amide bonds. The van der Waals surface area contributed by atoms with Crippen molar-refractivity contribution in [3.63, 3.8) is 0 Å². The molecule has 162 valence electrons. The second kappa shape index (κ2) is 12.2. The Balaban J connectivity index is 0.00000320. The monoisotopic (exact) mass is 528 g/mol. The summed E-state index contributed by atoms with van der Waals surface area (Å²) in [6.45, 7) is 1.98. The molecule has 0 aromatic heterocycles. The number of carbonyl (C=O) groups excluding carboxylic acids is 1. The molecule has 1 heterocycles. The number of hydrogen-bond donors (Lipinski definition) is 3. The molecule has 0 saturated heterocycles. The van der Waals surface area contributed by atoms with E-state index < -0.39 is 0 Å². The van der Waals surface area contributed by atoms with E-state index in [2.05, 4.69) is 20.9 Å². The van der Waals surface area contributed by atoms with E-state index in [0.29, 0.717) is 25.6 Å². The van der Waals surface area contributed by atoms with Crippen molar-refractivity contribution in [1.82, 2.24) is 16.0 Å². The standard InChI is InChI=1S/C21H25FN4O3.HI/c1-23-21(25-9-8-16-4-7-18-19(12-16)29-14-28-18)26-11-10-24-20(27)13-15-2-5-17(22)6-3-15;/h2-7,12H,8-11,13-14H2,1H3,(H,24,27)(H2,23,25,26);1H. The van der Waals surface area contributed by atoms with Crippen molar-refractivity contribution in [2.75, 3.05) is 33.5 Å². The molecule has 1 aliphatic rings. The summed E-state index contributed by atoms with van der Waals surface area (Å²) in [7, 11) is 1.70. The molecule has 1 aliphatic heterocycles. The molecule has 3 N–H and O–H groups in total. The van der Waals surface area contributed by atoms with Crippen LogP contribution in [0.5, 0.6) is 11.5 Å². The van der Waals surface area contributed by atoms with E-state index in [0.717, 1.165) is 29.0 Å². The Labute approximate surface area is 192 Å². The van der Waals surface area contributed by atoms with E-state index in [1.165, 1.54) is 12.1 Å². The fraction of sp³-hybridized carbons (Fsp3) is 0.333. The summed E-state index contributed by atoms with van der Waals surface area (Å²) in [5.41, 5.74) is 1.92. The van der Waals surface area contributed by atoms with Crippen LogP contribution in [0.4, 0.5) is 4.39 Å². The minimum absolute atomic E-state index is 0. The number of nitrogens with one attached hydrogen (secondary N) is 3. The second-order valence-electron chi connectivity index (χ2n) is 6.52. The molecule has 0 aliphatic carbocycles. The van der Waals surface area contributed by atoms with Crippen LogP contribution >= 0.6 is 24.0 Å². The molecule has 0 bridgehead atoms. The number of nitrogens with zero attached hydrogens (tertiary/aromatic N) is 1. The van der Waals surface area contributed by atoms with Crippen LogP contribution in [0, 0.1) is 5.82 Å². The lowest BCUT2D eigenvalue weighted by atomic mass is 10.1. The summed E-state index contributed by atoms with van der Waals surface area (Å²) in [4.78, 5) is 16.1. The average Bonchev–Trinajstić information content (AvgIpc) is 3.19. The largest absolute Gasteiger partial charge is 0.454 e. The van der Waals surface area contributed by atoms with Crippen molar-refractivity contribution in [2.45, 2.75) is 12.8 Å². The number of halogens is 2. The number of rotatable bonds is 8. The van der Waals surface area contributed by atoms with Gasteiger partial charge in [-0.25, -0.2) is 4.39 Å². The first kappa shape index (κ1) is 23.7. The predicted octanol–water partition coefficient (Wildman–Crippen LogP) is 2.24.